The van der Waals surface area contributed by atoms with E-state index in [0.717, 1.165) is 22.6 Å². The molecule has 0 atom stereocenters. The lowest BCUT2D eigenvalue weighted by Crippen LogP contribution is -2.26. The maximum Gasteiger partial charge on any atom is 0.251 e. The molecule has 0 aliphatic rings. The van der Waals surface area contributed by atoms with E-state index < -0.39 is 0 Å². The van der Waals surface area contributed by atoms with E-state index in [1.807, 2.05) is 37.3 Å². The summed E-state index contributed by atoms with van der Waals surface area (Å²) in [6.07, 6.45) is 2.48. The molecule has 0 aliphatic heterocycles. The smallest absolute Gasteiger partial charge is 0.251 e. The highest BCUT2D eigenvalue weighted by Crippen LogP contribution is 2.13. The number of aromatic nitrogens is 1. The second kappa shape index (κ2) is 6.38. The molecule has 0 fully saturated rings. The van der Waals surface area contributed by atoms with Crippen LogP contribution in [0.1, 0.15) is 21.6 Å². The molecule has 2 rings (SSSR count). The third-order valence-electron chi connectivity index (χ3n) is 2.86. The van der Waals surface area contributed by atoms with Crippen LogP contribution in [0.2, 0.25) is 0 Å². The lowest BCUT2D eigenvalue weighted by molar-refractivity contribution is 0.0953. The van der Waals surface area contributed by atoms with E-state index in [9.17, 15) is 4.79 Å². The van der Waals surface area contributed by atoms with Crippen LogP contribution in [-0.4, -0.2) is 17.4 Å². The third kappa shape index (κ3) is 3.83. The Morgan fingerprint density at radius 2 is 2.16 bits per heavy atom. The quantitative estimate of drug-likeness (QED) is 0.840. The predicted octanol–water partition coefficient (Wildman–Crippen LogP) is 2.65. The number of rotatable bonds is 4. The van der Waals surface area contributed by atoms with Crippen molar-refractivity contribution in [2.24, 2.45) is 0 Å². The lowest BCUT2D eigenvalue weighted by Gasteiger charge is -2.08. The highest BCUT2D eigenvalue weighted by atomic mass is 32.1. The molecule has 0 spiro atoms. The largest absolute Gasteiger partial charge is 0.352 e. The molecule has 0 aliphatic carbocycles. The van der Waals surface area contributed by atoms with Gasteiger partial charge in [0.15, 0.2) is 0 Å². The van der Waals surface area contributed by atoms with Gasteiger partial charge in [0, 0.05) is 35.3 Å². The number of nitrogens with one attached hydrogen (secondary N) is 1. The molecule has 1 heterocycles. The fourth-order valence-corrected chi connectivity index (χ4v) is 2.00. The Morgan fingerprint density at radius 3 is 2.89 bits per heavy atom. The van der Waals surface area contributed by atoms with Gasteiger partial charge >= 0.3 is 0 Å². The summed E-state index contributed by atoms with van der Waals surface area (Å²) in [7, 11) is 0. The Hall–Kier alpha value is -1.81. The lowest BCUT2D eigenvalue weighted by atomic mass is 10.1. The number of carbonyl (C=O) groups is 1. The van der Waals surface area contributed by atoms with E-state index in [-0.39, 0.29) is 5.91 Å². The van der Waals surface area contributed by atoms with Gasteiger partial charge in [-0.3, -0.25) is 9.78 Å². The summed E-state index contributed by atoms with van der Waals surface area (Å²) < 4.78 is 0. The number of hydrogen-bond donors (Lipinski definition) is 2. The number of pyridine rings is 1. The molecule has 1 N–H and O–H groups in total. The molecule has 0 bridgehead atoms. The Morgan fingerprint density at radius 1 is 1.32 bits per heavy atom. The molecule has 0 radical (unpaired) electrons. The molecule has 2 aromatic rings. The maximum absolute atomic E-state index is 12.0. The van der Waals surface area contributed by atoms with Crippen LogP contribution in [0, 0.1) is 6.92 Å². The summed E-state index contributed by atoms with van der Waals surface area (Å²) in [5.74, 6) is -0.0654. The summed E-state index contributed by atoms with van der Waals surface area (Å²) in [6, 6.07) is 11.3. The monoisotopic (exact) mass is 272 g/mol. The summed E-state index contributed by atoms with van der Waals surface area (Å²) >= 11 is 4.25. The molecular formula is C15H16N2OS. The van der Waals surface area contributed by atoms with E-state index in [2.05, 4.69) is 22.9 Å². The van der Waals surface area contributed by atoms with E-state index in [1.54, 1.807) is 12.3 Å². The maximum atomic E-state index is 12.0. The Kier molecular flexibility index (Phi) is 4.58. The van der Waals surface area contributed by atoms with Crippen molar-refractivity contribution >= 4 is 18.5 Å². The van der Waals surface area contributed by atoms with Crippen molar-refractivity contribution in [1.29, 1.82) is 0 Å². The van der Waals surface area contributed by atoms with E-state index in [0.29, 0.717) is 12.1 Å². The molecule has 1 amide bonds. The highest BCUT2D eigenvalue weighted by Gasteiger charge is 2.08. The van der Waals surface area contributed by atoms with Gasteiger partial charge in [-0.1, -0.05) is 12.1 Å². The van der Waals surface area contributed by atoms with Gasteiger partial charge in [0.1, 0.15) is 0 Å². The molecule has 19 heavy (non-hydrogen) atoms. The van der Waals surface area contributed by atoms with Gasteiger partial charge in [-0.05, 0) is 36.8 Å². The van der Waals surface area contributed by atoms with E-state index in [4.69, 9.17) is 0 Å². The normalized spacial score (nSPS) is 10.2. The van der Waals surface area contributed by atoms with Crippen molar-refractivity contribution in [2.75, 3.05) is 6.54 Å². The zero-order chi connectivity index (χ0) is 13.7. The van der Waals surface area contributed by atoms with Gasteiger partial charge in [0.05, 0.1) is 0 Å². The zero-order valence-electron chi connectivity index (χ0n) is 10.8. The van der Waals surface area contributed by atoms with Crippen molar-refractivity contribution in [1.82, 2.24) is 10.3 Å². The first-order valence-electron chi connectivity index (χ1n) is 6.14. The number of nitrogens with zero attached hydrogens (tertiary/aromatic N) is 1. The number of benzene rings is 1. The van der Waals surface area contributed by atoms with E-state index >= 15 is 0 Å². The fourth-order valence-electron chi connectivity index (χ4n) is 1.80. The van der Waals surface area contributed by atoms with Crippen molar-refractivity contribution in [3.8, 4) is 0 Å². The number of hydrogen-bond acceptors (Lipinski definition) is 3. The first-order chi connectivity index (χ1) is 9.16. The average molecular weight is 272 g/mol. The van der Waals surface area contributed by atoms with Gasteiger partial charge in [-0.15, -0.1) is 12.6 Å². The first kappa shape index (κ1) is 13.6. The first-order valence-corrected chi connectivity index (χ1v) is 6.59. The van der Waals surface area contributed by atoms with E-state index in [1.165, 1.54) is 0 Å². The van der Waals surface area contributed by atoms with Crippen molar-refractivity contribution < 1.29 is 4.79 Å². The number of amides is 1. The van der Waals surface area contributed by atoms with Crippen LogP contribution < -0.4 is 5.32 Å². The number of carbonyl (C=O) groups excluding carboxylic acids is 1. The standard InChI is InChI=1S/C15H16N2OS/c1-11-5-6-13(19)10-14(11)15(18)17-9-7-12-4-2-3-8-16-12/h2-6,8,10,19H,7,9H2,1H3,(H,17,18). The fraction of sp³-hybridized carbons (Fsp3) is 0.200. The predicted molar refractivity (Wildman–Crippen MR) is 78.7 cm³/mol. The van der Waals surface area contributed by atoms with Crippen LogP contribution in [0.25, 0.3) is 0 Å². The van der Waals surface area contributed by atoms with Gasteiger partial charge in [-0.25, -0.2) is 0 Å². The molecule has 0 unspecified atom stereocenters. The van der Waals surface area contributed by atoms with Gasteiger partial charge in [-0.2, -0.15) is 0 Å². The summed E-state index contributed by atoms with van der Waals surface area (Å²) in [5.41, 5.74) is 2.60. The zero-order valence-corrected chi connectivity index (χ0v) is 11.7. The third-order valence-corrected chi connectivity index (χ3v) is 3.14. The molecule has 98 valence electrons. The minimum absolute atomic E-state index is 0.0654. The van der Waals surface area contributed by atoms with Crippen molar-refractivity contribution in [3.63, 3.8) is 0 Å². The topological polar surface area (TPSA) is 42.0 Å². The summed E-state index contributed by atoms with van der Waals surface area (Å²) in [6.45, 7) is 2.49. The summed E-state index contributed by atoms with van der Waals surface area (Å²) in [5, 5.41) is 2.90. The van der Waals surface area contributed by atoms with Gasteiger partial charge in [0.2, 0.25) is 0 Å². The second-order valence-corrected chi connectivity index (χ2v) is 4.84. The van der Waals surface area contributed by atoms with Crippen LogP contribution in [0.4, 0.5) is 0 Å². The summed E-state index contributed by atoms with van der Waals surface area (Å²) in [4.78, 5) is 17.1. The van der Waals surface area contributed by atoms with Gasteiger partial charge < -0.3 is 5.32 Å². The van der Waals surface area contributed by atoms with Crippen LogP contribution in [-0.2, 0) is 6.42 Å². The molecule has 1 aromatic carbocycles. The molecule has 1 aromatic heterocycles. The van der Waals surface area contributed by atoms with Crippen molar-refractivity contribution in [2.45, 2.75) is 18.2 Å². The minimum atomic E-state index is -0.0654. The molecular weight excluding hydrogens is 256 g/mol. The Balaban J connectivity index is 1.93. The van der Waals surface area contributed by atoms with Crippen LogP contribution in [0.15, 0.2) is 47.5 Å². The van der Waals surface area contributed by atoms with Gasteiger partial charge in [0.25, 0.3) is 5.91 Å². The molecule has 0 saturated heterocycles. The highest BCUT2D eigenvalue weighted by molar-refractivity contribution is 7.80. The Labute approximate surface area is 118 Å². The molecule has 0 saturated carbocycles. The Bertz CT molecular complexity index is 570. The molecule has 4 heteroatoms. The van der Waals surface area contributed by atoms with Crippen molar-refractivity contribution in [3.05, 3.63) is 59.4 Å². The molecule has 3 nitrogen and oxygen atoms in total. The van der Waals surface area contributed by atoms with Crippen LogP contribution in [0.3, 0.4) is 0 Å². The number of thiol groups is 1. The second-order valence-electron chi connectivity index (χ2n) is 4.33. The van der Waals surface area contributed by atoms with Crippen LogP contribution >= 0.6 is 12.6 Å². The minimum Gasteiger partial charge on any atom is -0.352 e. The SMILES string of the molecule is Cc1ccc(S)cc1C(=O)NCCc1ccccn1. The number of aryl methyl sites for hydroxylation is 1. The average Bonchev–Trinajstić information content (AvgIpc) is 2.42. The van der Waals surface area contributed by atoms with Crippen LogP contribution in [0.5, 0.6) is 0 Å².